The summed E-state index contributed by atoms with van der Waals surface area (Å²) in [7, 11) is 0. The van der Waals surface area contributed by atoms with E-state index in [0.717, 1.165) is 32.1 Å². The third-order valence-electron chi connectivity index (χ3n) is 7.12. The van der Waals surface area contributed by atoms with Crippen molar-refractivity contribution < 1.29 is 33.4 Å². The molecule has 1 atom stereocenters. The van der Waals surface area contributed by atoms with Crippen molar-refractivity contribution in [3.8, 4) is 0 Å². The molecular formula is C35H64N4O7. The number of Topliss-reactive ketones (excluding diaryl/α,β-unsaturated/α-hetero) is 1. The van der Waals surface area contributed by atoms with Crippen LogP contribution in [0.25, 0.3) is 10.4 Å². The van der Waals surface area contributed by atoms with Gasteiger partial charge in [-0.15, -0.1) is 0 Å². The third-order valence-corrected chi connectivity index (χ3v) is 7.12. The largest absolute Gasteiger partial charge is 0.460 e. The number of azide groups is 1. The lowest BCUT2D eigenvalue weighted by Crippen LogP contribution is -2.35. The van der Waals surface area contributed by atoms with Crippen molar-refractivity contribution >= 4 is 23.6 Å². The van der Waals surface area contributed by atoms with Crippen LogP contribution in [0.4, 0.5) is 0 Å². The van der Waals surface area contributed by atoms with Crippen molar-refractivity contribution in [1.82, 2.24) is 5.32 Å². The maximum atomic E-state index is 12.7. The Bertz CT molecular complexity index is 906. The van der Waals surface area contributed by atoms with E-state index in [0.29, 0.717) is 12.8 Å². The van der Waals surface area contributed by atoms with Crippen LogP contribution >= 0.6 is 0 Å². The van der Waals surface area contributed by atoms with Gasteiger partial charge in [0.1, 0.15) is 17.0 Å². The molecule has 0 unspecified atom stereocenters. The molecular weight excluding hydrogens is 588 g/mol. The number of esters is 2. The molecule has 11 nitrogen and oxygen atoms in total. The first kappa shape index (κ1) is 43.4. The third kappa shape index (κ3) is 30.0. The van der Waals surface area contributed by atoms with E-state index in [1.165, 1.54) is 57.8 Å². The molecule has 0 rings (SSSR count). The smallest absolute Gasteiger partial charge is 0.310 e. The minimum absolute atomic E-state index is 0.00290. The zero-order valence-electron chi connectivity index (χ0n) is 29.8. The summed E-state index contributed by atoms with van der Waals surface area (Å²) >= 11 is 0. The zero-order chi connectivity index (χ0) is 34.7. The summed E-state index contributed by atoms with van der Waals surface area (Å²) in [5, 5.41) is 6.07. The number of carbonyl (C=O) groups is 4. The van der Waals surface area contributed by atoms with Gasteiger partial charge in [-0.3, -0.25) is 19.2 Å². The van der Waals surface area contributed by atoms with Crippen LogP contribution in [-0.2, 0) is 33.4 Å². The number of carbonyl (C=O) groups excluding carboxylic acids is 4. The number of rotatable bonds is 28. The van der Waals surface area contributed by atoms with Gasteiger partial charge in [-0.1, -0.05) is 82.2 Å². The minimum Gasteiger partial charge on any atom is -0.460 e. The maximum Gasteiger partial charge on any atom is 0.310 e. The molecule has 0 saturated heterocycles. The first-order valence-electron chi connectivity index (χ1n) is 17.5. The number of unbranched alkanes of at least 4 members (excludes halogenated alkanes) is 13. The summed E-state index contributed by atoms with van der Waals surface area (Å²) in [6.07, 6.45) is 16.8. The second kappa shape index (κ2) is 26.4. The highest BCUT2D eigenvalue weighted by Gasteiger charge is 2.29. The van der Waals surface area contributed by atoms with Crippen molar-refractivity contribution in [3.05, 3.63) is 10.4 Å². The van der Waals surface area contributed by atoms with Gasteiger partial charge in [-0.25, -0.2) is 0 Å². The molecule has 11 heteroatoms. The summed E-state index contributed by atoms with van der Waals surface area (Å²) < 4.78 is 16.1. The lowest BCUT2D eigenvalue weighted by molar-refractivity contribution is -0.162. The number of hydrogen-bond acceptors (Lipinski definition) is 8. The molecule has 0 spiro atoms. The fraction of sp³-hybridized carbons (Fsp3) is 0.886. The van der Waals surface area contributed by atoms with E-state index in [4.69, 9.17) is 19.7 Å². The summed E-state index contributed by atoms with van der Waals surface area (Å²) in [5.74, 6) is -1.80. The van der Waals surface area contributed by atoms with Gasteiger partial charge in [0.05, 0.1) is 19.1 Å². The SMILES string of the molecule is CC(C)(C)OC(=O)CCCCCCCCCCCCCCCCC(=O)C[C@@H](CC(=O)NCCOCCN=[N+]=[N-])C(=O)OC(C)(C)C. The van der Waals surface area contributed by atoms with Gasteiger partial charge in [0.15, 0.2) is 0 Å². The van der Waals surface area contributed by atoms with Crippen LogP contribution in [0, 0.1) is 5.92 Å². The number of ether oxygens (including phenoxy) is 3. The van der Waals surface area contributed by atoms with Crippen LogP contribution in [0.15, 0.2) is 5.11 Å². The minimum atomic E-state index is -0.818. The topological polar surface area (TPSA) is 157 Å². The average Bonchev–Trinajstić information content (AvgIpc) is 2.94. The lowest BCUT2D eigenvalue weighted by atomic mass is 9.95. The Morgan fingerprint density at radius 1 is 0.674 bits per heavy atom. The quantitative estimate of drug-likeness (QED) is 0.0293. The van der Waals surface area contributed by atoms with Gasteiger partial charge in [0, 0.05) is 43.7 Å². The van der Waals surface area contributed by atoms with Crippen LogP contribution in [0.2, 0.25) is 0 Å². The highest BCUT2D eigenvalue weighted by Crippen LogP contribution is 2.20. The highest BCUT2D eigenvalue weighted by atomic mass is 16.6. The van der Waals surface area contributed by atoms with Gasteiger partial charge in [0.25, 0.3) is 0 Å². The molecule has 0 heterocycles. The fourth-order valence-electron chi connectivity index (χ4n) is 4.92. The Balaban J connectivity index is 3.99. The van der Waals surface area contributed by atoms with E-state index in [1.54, 1.807) is 20.8 Å². The summed E-state index contributed by atoms with van der Waals surface area (Å²) in [4.78, 5) is 52.2. The van der Waals surface area contributed by atoms with E-state index in [1.807, 2.05) is 20.8 Å². The van der Waals surface area contributed by atoms with Crippen molar-refractivity contribution in [2.45, 2.75) is 168 Å². The average molecular weight is 653 g/mol. The molecule has 0 aromatic rings. The summed E-state index contributed by atoms with van der Waals surface area (Å²) in [6, 6.07) is 0. The second-order valence-corrected chi connectivity index (χ2v) is 14.1. The van der Waals surface area contributed by atoms with E-state index in [-0.39, 0.29) is 56.8 Å². The molecule has 0 aromatic heterocycles. The van der Waals surface area contributed by atoms with Crippen molar-refractivity contribution in [1.29, 1.82) is 0 Å². The second-order valence-electron chi connectivity index (χ2n) is 14.1. The Hall–Kier alpha value is -2.65. The predicted octanol–water partition coefficient (Wildman–Crippen LogP) is 8.32. The fourth-order valence-corrected chi connectivity index (χ4v) is 4.92. The van der Waals surface area contributed by atoms with Crippen LogP contribution < -0.4 is 5.32 Å². The van der Waals surface area contributed by atoms with Gasteiger partial charge < -0.3 is 19.5 Å². The molecule has 266 valence electrons. The van der Waals surface area contributed by atoms with Crippen molar-refractivity contribution in [2.24, 2.45) is 11.0 Å². The maximum absolute atomic E-state index is 12.7. The van der Waals surface area contributed by atoms with Crippen LogP contribution in [-0.4, -0.2) is 61.1 Å². The molecule has 0 saturated carbocycles. The van der Waals surface area contributed by atoms with Crippen LogP contribution in [0.1, 0.15) is 157 Å². The summed E-state index contributed by atoms with van der Waals surface area (Å²) in [6.45, 7) is 12.0. The monoisotopic (exact) mass is 652 g/mol. The van der Waals surface area contributed by atoms with Gasteiger partial charge in [0.2, 0.25) is 5.91 Å². The predicted molar refractivity (Wildman–Crippen MR) is 181 cm³/mol. The molecule has 0 aliphatic carbocycles. The molecule has 0 radical (unpaired) electrons. The Labute approximate surface area is 278 Å². The van der Waals surface area contributed by atoms with Crippen LogP contribution in [0.3, 0.4) is 0 Å². The van der Waals surface area contributed by atoms with E-state index in [9.17, 15) is 19.2 Å². The molecule has 0 aromatic carbocycles. The zero-order valence-corrected chi connectivity index (χ0v) is 29.8. The lowest BCUT2D eigenvalue weighted by Gasteiger charge is -2.23. The van der Waals surface area contributed by atoms with Gasteiger partial charge >= 0.3 is 11.9 Å². The molecule has 0 fully saturated rings. The Morgan fingerprint density at radius 3 is 1.63 bits per heavy atom. The van der Waals surface area contributed by atoms with Crippen molar-refractivity contribution in [3.63, 3.8) is 0 Å². The highest BCUT2D eigenvalue weighted by molar-refractivity contribution is 5.88. The number of nitrogens with zero attached hydrogens (tertiary/aromatic N) is 3. The molecule has 1 amide bonds. The molecule has 1 N–H and O–H groups in total. The summed E-state index contributed by atoms with van der Waals surface area (Å²) in [5.41, 5.74) is 7.15. The molecule has 0 aliphatic heterocycles. The normalized spacial score (nSPS) is 12.2. The standard InChI is InChI=1S/C35H64N4O7/c1-34(2,3)45-32(42)22-20-18-16-14-12-10-8-7-9-11-13-15-17-19-21-30(40)27-29(33(43)46-35(4,5)6)28-31(41)37-23-25-44-26-24-38-39-36/h29H,7-28H2,1-6H3,(H,37,41)/t29-/m0/s1. The first-order chi connectivity index (χ1) is 21.7. The number of hydrogen-bond donors (Lipinski definition) is 1. The van der Waals surface area contributed by atoms with E-state index < -0.39 is 23.1 Å². The van der Waals surface area contributed by atoms with E-state index in [2.05, 4.69) is 15.3 Å². The van der Waals surface area contributed by atoms with Crippen molar-refractivity contribution in [2.75, 3.05) is 26.3 Å². The first-order valence-corrected chi connectivity index (χ1v) is 17.5. The van der Waals surface area contributed by atoms with E-state index >= 15 is 0 Å². The number of amides is 1. The Kier molecular flexibility index (Phi) is 24.9. The Morgan fingerprint density at radius 2 is 1.15 bits per heavy atom. The molecule has 0 bridgehead atoms. The number of nitrogens with one attached hydrogen (secondary N) is 1. The molecule has 0 aliphatic rings. The number of ketones is 1. The van der Waals surface area contributed by atoms with Crippen LogP contribution in [0.5, 0.6) is 0 Å². The molecule has 46 heavy (non-hydrogen) atoms. The van der Waals surface area contributed by atoms with Gasteiger partial charge in [-0.2, -0.15) is 0 Å². The van der Waals surface area contributed by atoms with Gasteiger partial charge in [-0.05, 0) is 59.9 Å².